The van der Waals surface area contributed by atoms with Crippen molar-refractivity contribution in [2.75, 3.05) is 26.9 Å². The molecule has 8 nitrogen and oxygen atoms in total. The largest absolute Gasteiger partial charge is 0.494 e. The molecule has 1 heterocycles. The average Bonchev–Trinajstić information content (AvgIpc) is 2.61. The van der Waals surface area contributed by atoms with Gasteiger partial charge in [0.05, 0.1) is 18.2 Å². The molecule has 0 atom stereocenters. The Morgan fingerprint density at radius 1 is 1.25 bits per heavy atom. The highest BCUT2D eigenvalue weighted by atomic mass is 79.9. The van der Waals surface area contributed by atoms with E-state index in [0.29, 0.717) is 29.2 Å². The molecule has 0 bridgehead atoms. The molecule has 0 saturated heterocycles. The fraction of sp³-hybridized carbons (Fsp3) is 0.333. The van der Waals surface area contributed by atoms with E-state index in [-0.39, 0.29) is 17.9 Å². The van der Waals surface area contributed by atoms with Crippen LogP contribution in [0.15, 0.2) is 28.6 Å². The van der Waals surface area contributed by atoms with Crippen LogP contribution >= 0.6 is 15.9 Å². The minimum absolute atomic E-state index is 0.00740. The molecule has 0 aromatic heterocycles. The maximum atomic E-state index is 12.2. The fourth-order valence-corrected chi connectivity index (χ4v) is 2.43. The van der Waals surface area contributed by atoms with Crippen LogP contribution in [-0.2, 0) is 14.3 Å². The Morgan fingerprint density at radius 3 is 2.62 bits per heavy atom. The van der Waals surface area contributed by atoms with Crippen LogP contribution in [0, 0.1) is 0 Å². The molecule has 9 heteroatoms. The molecule has 2 rings (SSSR count). The third kappa shape index (κ3) is 4.31. The first-order valence-electron chi connectivity index (χ1n) is 7.12. The van der Waals surface area contributed by atoms with Gasteiger partial charge in [-0.3, -0.25) is 20.4 Å². The lowest BCUT2D eigenvalue weighted by molar-refractivity contribution is -0.123. The summed E-state index contributed by atoms with van der Waals surface area (Å²) in [5.74, 6) is -0.248. The molecule has 0 saturated carbocycles. The monoisotopic (exact) mass is 400 g/mol. The van der Waals surface area contributed by atoms with E-state index >= 15 is 0 Å². The van der Waals surface area contributed by atoms with Gasteiger partial charge in [-0.1, -0.05) is 0 Å². The minimum atomic E-state index is -0.611. The smallest absolute Gasteiger partial charge is 0.308 e. The van der Waals surface area contributed by atoms with Gasteiger partial charge in [-0.2, -0.15) is 0 Å². The first kappa shape index (κ1) is 17.9. The number of halogens is 1. The van der Waals surface area contributed by atoms with E-state index in [1.807, 2.05) is 6.92 Å². The summed E-state index contributed by atoms with van der Waals surface area (Å²) in [5, 5.41) is 0. The number of rotatable bonds is 5. The molecule has 1 aliphatic rings. The zero-order valence-corrected chi connectivity index (χ0v) is 14.8. The van der Waals surface area contributed by atoms with Crippen LogP contribution in [0.2, 0.25) is 0 Å². The summed E-state index contributed by atoms with van der Waals surface area (Å²) in [6.45, 7) is 2.95. The van der Waals surface area contributed by atoms with Crippen molar-refractivity contribution in [1.82, 2.24) is 10.9 Å². The molecule has 24 heavy (non-hydrogen) atoms. The van der Waals surface area contributed by atoms with Gasteiger partial charge in [-0.25, -0.2) is 0 Å². The molecular formula is C15H17BrN2O6. The van der Waals surface area contributed by atoms with Crippen LogP contribution in [0.4, 0.5) is 0 Å². The number of amides is 2. The number of carbonyl (C=O) groups is 2. The van der Waals surface area contributed by atoms with Crippen molar-refractivity contribution in [2.45, 2.75) is 6.92 Å². The molecule has 0 aliphatic carbocycles. The Labute approximate surface area is 147 Å². The van der Waals surface area contributed by atoms with Gasteiger partial charge in [0.1, 0.15) is 19.5 Å². The van der Waals surface area contributed by atoms with Gasteiger partial charge in [0, 0.05) is 5.56 Å². The third-order valence-electron chi connectivity index (χ3n) is 2.94. The molecular weight excluding hydrogens is 384 g/mol. The van der Waals surface area contributed by atoms with Gasteiger partial charge in [0.2, 0.25) is 5.76 Å². The number of methoxy groups -OCH3 is 1. The first-order chi connectivity index (χ1) is 11.6. The minimum Gasteiger partial charge on any atom is -0.494 e. The molecule has 1 aliphatic heterocycles. The predicted molar refractivity (Wildman–Crippen MR) is 87.5 cm³/mol. The summed E-state index contributed by atoms with van der Waals surface area (Å²) in [4.78, 5) is 24.0. The van der Waals surface area contributed by atoms with Crippen molar-refractivity contribution in [1.29, 1.82) is 0 Å². The third-order valence-corrected chi connectivity index (χ3v) is 3.53. The lowest BCUT2D eigenvalue weighted by atomic mass is 10.2. The Bertz CT molecular complexity index is 662. The number of hydrogen-bond acceptors (Lipinski definition) is 6. The van der Waals surface area contributed by atoms with Crippen LogP contribution in [0.5, 0.6) is 11.5 Å². The van der Waals surface area contributed by atoms with E-state index in [9.17, 15) is 9.59 Å². The van der Waals surface area contributed by atoms with Crippen LogP contribution in [0.1, 0.15) is 17.3 Å². The maximum absolute atomic E-state index is 12.2. The highest BCUT2D eigenvalue weighted by Gasteiger charge is 2.18. The highest BCUT2D eigenvalue weighted by molar-refractivity contribution is 9.10. The Hall–Kier alpha value is -2.42. The van der Waals surface area contributed by atoms with Crippen molar-refractivity contribution in [3.05, 3.63) is 34.2 Å². The van der Waals surface area contributed by atoms with Gasteiger partial charge in [0.15, 0.2) is 11.5 Å². The summed E-state index contributed by atoms with van der Waals surface area (Å²) < 4.78 is 21.3. The second-order valence-electron chi connectivity index (χ2n) is 4.53. The van der Waals surface area contributed by atoms with E-state index in [2.05, 4.69) is 26.8 Å². The molecule has 0 spiro atoms. The van der Waals surface area contributed by atoms with Gasteiger partial charge in [-0.05, 0) is 35.0 Å². The molecule has 0 unspecified atom stereocenters. The Balaban J connectivity index is 2.05. The summed E-state index contributed by atoms with van der Waals surface area (Å²) in [7, 11) is 1.47. The second kappa shape index (κ2) is 8.44. The number of carbonyl (C=O) groups excluding carboxylic acids is 2. The van der Waals surface area contributed by atoms with Crippen molar-refractivity contribution < 1.29 is 28.5 Å². The van der Waals surface area contributed by atoms with Crippen LogP contribution < -0.4 is 20.3 Å². The molecule has 0 radical (unpaired) electrons. The quantitative estimate of drug-likeness (QED) is 0.727. The van der Waals surface area contributed by atoms with Crippen molar-refractivity contribution in [2.24, 2.45) is 0 Å². The second-order valence-corrected chi connectivity index (χ2v) is 5.39. The number of hydrazine groups is 1. The summed E-state index contributed by atoms with van der Waals surface area (Å²) in [5.41, 5.74) is 4.82. The normalized spacial score (nSPS) is 13.0. The van der Waals surface area contributed by atoms with Crippen molar-refractivity contribution in [3.8, 4) is 11.5 Å². The molecule has 1 aromatic carbocycles. The van der Waals surface area contributed by atoms with E-state index in [0.717, 1.165) is 0 Å². The topological polar surface area (TPSA) is 95.1 Å². The zero-order chi connectivity index (χ0) is 17.5. The van der Waals surface area contributed by atoms with Crippen LogP contribution in [0.3, 0.4) is 0 Å². The van der Waals surface area contributed by atoms with Crippen molar-refractivity contribution in [3.63, 3.8) is 0 Å². The van der Waals surface area contributed by atoms with E-state index < -0.39 is 11.8 Å². The number of nitrogens with one attached hydrogen (secondary N) is 2. The summed E-state index contributed by atoms with van der Waals surface area (Å²) in [6, 6.07) is 3.07. The first-order valence-corrected chi connectivity index (χ1v) is 7.91. The van der Waals surface area contributed by atoms with Gasteiger partial charge in [-0.15, -0.1) is 0 Å². The Kier molecular flexibility index (Phi) is 6.30. The predicted octanol–water partition coefficient (Wildman–Crippen LogP) is 1.51. The van der Waals surface area contributed by atoms with Gasteiger partial charge in [0.25, 0.3) is 5.91 Å². The van der Waals surface area contributed by atoms with E-state index in [4.69, 9.17) is 18.9 Å². The summed E-state index contributed by atoms with van der Waals surface area (Å²) in [6.07, 6.45) is 1.20. The number of ether oxygens (including phenoxy) is 4. The van der Waals surface area contributed by atoms with Gasteiger partial charge >= 0.3 is 5.91 Å². The number of hydrogen-bond donors (Lipinski definition) is 2. The van der Waals surface area contributed by atoms with E-state index in [1.165, 1.54) is 19.4 Å². The SMILES string of the molecule is CCOc1c(Br)cc(C(=O)NNC(=O)C2=COCCO2)cc1OC. The standard InChI is InChI=1S/C15H17BrN2O6/c1-3-23-13-10(16)6-9(7-11(13)21-2)14(19)17-18-15(20)12-8-22-4-5-24-12/h6-8H,3-5H2,1-2H3,(H,17,19)(H,18,20). The average molecular weight is 401 g/mol. The molecule has 1 aromatic rings. The van der Waals surface area contributed by atoms with Gasteiger partial charge < -0.3 is 18.9 Å². The van der Waals surface area contributed by atoms with Crippen LogP contribution in [0.25, 0.3) is 0 Å². The number of benzene rings is 1. The Morgan fingerprint density at radius 2 is 2.00 bits per heavy atom. The lowest BCUT2D eigenvalue weighted by Gasteiger charge is -2.16. The molecule has 130 valence electrons. The maximum Gasteiger partial charge on any atom is 0.308 e. The van der Waals surface area contributed by atoms with Crippen LogP contribution in [-0.4, -0.2) is 38.7 Å². The highest BCUT2D eigenvalue weighted by Crippen LogP contribution is 2.36. The van der Waals surface area contributed by atoms with E-state index in [1.54, 1.807) is 6.07 Å². The fourth-order valence-electron chi connectivity index (χ4n) is 1.87. The lowest BCUT2D eigenvalue weighted by Crippen LogP contribution is -2.43. The molecule has 2 amide bonds. The van der Waals surface area contributed by atoms with Crippen molar-refractivity contribution >= 4 is 27.7 Å². The molecule has 2 N–H and O–H groups in total. The molecule has 0 fully saturated rings. The summed E-state index contributed by atoms with van der Waals surface area (Å²) >= 11 is 3.33. The zero-order valence-electron chi connectivity index (χ0n) is 13.2.